The van der Waals surface area contributed by atoms with Crippen LogP contribution in [-0.2, 0) is 0 Å². The molecule has 0 unspecified atom stereocenters. The van der Waals surface area contributed by atoms with Gasteiger partial charge in [-0.05, 0) is 16.6 Å². The average Bonchev–Trinajstić information content (AvgIpc) is 2.40. The van der Waals surface area contributed by atoms with Crippen LogP contribution in [0.3, 0.4) is 0 Å². The van der Waals surface area contributed by atoms with Crippen molar-refractivity contribution in [1.29, 1.82) is 0 Å². The first-order valence-electron chi connectivity index (χ1n) is 5.49. The van der Waals surface area contributed by atoms with E-state index >= 15 is 0 Å². The van der Waals surface area contributed by atoms with Crippen molar-refractivity contribution in [3.8, 4) is 0 Å². The third kappa shape index (κ3) is 3.37. The van der Waals surface area contributed by atoms with E-state index in [0.29, 0.717) is 0 Å². The molecule has 0 aliphatic carbocycles. The van der Waals surface area contributed by atoms with Gasteiger partial charge in [0.15, 0.2) is 0 Å². The maximum absolute atomic E-state index is 3.71. The Morgan fingerprint density at radius 2 is 1.17 bits per heavy atom. The van der Waals surface area contributed by atoms with E-state index in [0.717, 1.165) is 4.48 Å². The lowest BCUT2D eigenvalue weighted by Gasteiger charge is -2.11. The smallest absolute Gasteiger partial charge is 0.132 e. The van der Waals surface area contributed by atoms with Crippen molar-refractivity contribution >= 4 is 61.8 Å². The van der Waals surface area contributed by atoms with Crippen molar-refractivity contribution in [3.05, 3.63) is 71.8 Å². The number of hydrogen-bond donors (Lipinski definition) is 0. The first-order chi connectivity index (χ1) is 8.70. The van der Waals surface area contributed by atoms with E-state index in [2.05, 4.69) is 71.7 Å². The molecule has 0 aromatic heterocycles. The Kier molecular flexibility index (Phi) is 5.28. The molecular formula is C14H10BBr3. The fourth-order valence-electron chi connectivity index (χ4n) is 1.71. The van der Waals surface area contributed by atoms with Crippen molar-refractivity contribution in [1.82, 2.24) is 0 Å². The predicted octanol–water partition coefficient (Wildman–Crippen LogP) is 5.77. The van der Waals surface area contributed by atoms with Gasteiger partial charge in [0.1, 0.15) is 0 Å². The minimum atomic E-state index is 0.0991. The van der Waals surface area contributed by atoms with Crippen molar-refractivity contribution in [2.45, 2.75) is 0 Å². The van der Waals surface area contributed by atoms with Crippen LogP contribution in [0.25, 0.3) is 9.95 Å². The predicted molar refractivity (Wildman–Crippen MR) is 92.2 cm³/mol. The molecule has 2 rings (SSSR count). The zero-order valence-corrected chi connectivity index (χ0v) is 14.2. The lowest BCUT2D eigenvalue weighted by atomic mass is 9.86. The fourth-order valence-corrected chi connectivity index (χ4v) is 4.03. The molecule has 2 aromatic carbocycles. The van der Waals surface area contributed by atoms with Crippen molar-refractivity contribution < 1.29 is 0 Å². The summed E-state index contributed by atoms with van der Waals surface area (Å²) in [5.41, 5.74) is 3.54. The maximum Gasteiger partial charge on any atom is 0.331 e. The van der Waals surface area contributed by atoms with E-state index in [1.54, 1.807) is 0 Å². The van der Waals surface area contributed by atoms with Gasteiger partial charge in [0.05, 0.1) is 0 Å². The van der Waals surface area contributed by atoms with Crippen LogP contribution in [0.5, 0.6) is 0 Å². The number of benzene rings is 2. The van der Waals surface area contributed by atoms with E-state index in [1.165, 1.54) is 16.6 Å². The van der Waals surface area contributed by atoms with Crippen LogP contribution < -0.4 is 0 Å². The molecule has 90 valence electrons. The average molecular weight is 429 g/mol. The summed E-state index contributed by atoms with van der Waals surface area (Å²) in [5, 5.41) is 0. The second kappa shape index (κ2) is 6.74. The highest BCUT2D eigenvalue weighted by Crippen LogP contribution is 2.36. The Morgan fingerprint density at radius 3 is 1.61 bits per heavy atom. The molecular weight excluding hydrogens is 419 g/mol. The Hall–Kier alpha value is -0.315. The van der Waals surface area contributed by atoms with E-state index < -0.39 is 0 Å². The van der Waals surface area contributed by atoms with Crippen molar-refractivity contribution in [3.63, 3.8) is 0 Å². The second-order valence-electron chi connectivity index (χ2n) is 3.76. The highest BCUT2D eigenvalue weighted by Gasteiger charge is 2.18. The summed E-state index contributed by atoms with van der Waals surface area (Å²) in [6, 6.07) is 20.6. The molecule has 0 aliphatic heterocycles. The largest absolute Gasteiger partial charge is 0.331 e. The van der Waals surface area contributed by atoms with Crippen LogP contribution >= 0.6 is 47.4 Å². The SMILES string of the molecule is BrB(Br)/C(=C(/Br)c1ccccc1)c1ccccc1. The molecule has 0 radical (unpaired) electrons. The van der Waals surface area contributed by atoms with Gasteiger partial charge in [-0.1, -0.05) is 76.6 Å². The van der Waals surface area contributed by atoms with Gasteiger partial charge < -0.3 is 0 Å². The molecule has 0 nitrogen and oxygen atoms in total. The Morgan fingerprint density at radius 1 is 0.722 bits per heavy atom. The van der Waals surface area contributed by atoms with E-state index in [9.17, 15) is 0 Å². The monoisotopic (exact) mass is 426 g/mol. The molecule has 2 aromatic rings. The lowest BCUT2D eigenvalue weighted by molar-refractivity contribution is 1.63. The third-order valence-corrected chi connectivity index (χ3v) is 4.37. The molecule has 0 N–H and O–H groups in total. The molecule has 0 bridgehead atoms. The Labute approximate surface area is 133 Å². The quantitative estimate of drug-likeness (QED) is 0.430. The zero-order chi connectivity index (χ0) is 13.0. The summed E-state index contributed by atoms with van der Waals surface area (Å²) >= 11 is 10.9. The van der Waals surface area contributed by atoms with Gasteiger partial charge in [-0.25, -0.2) is 0 Å². The van der Waals surface area contributed by atoms with Crippen LogP contribution in [0, 0.1) is 0 Å². The molecule has 4 heteroatoms. The van der Waals surface area contributed by atoms with Crippen LogP contribution in [0.1, 0.15) is 11.1 Å². The normalized spacial score (nSPS) is 11.9. The molecule has 0 heterocycles. The molecule has 0 saturated carbocycles. The van der Waals surface area contributed by atoms with Gasteiger partial charge in [0.25, 0.3) is 0 Å². The van der Waals surface area contributed by atoms with Gasteiger partial charge in [-0.3, -0.25) is 0 Å². The summed E-state index contributed by atoms with van der Waals surface area (Å²) in [6.07, 6.45) is 0. The topological polar surface area (TPSA) is 0 Å². The minimum absolute atomic E-state index is 0.0991. The van der Waals surface area contributed by atoms with Crippen molar-refractivity contribution in [2.75, 3.05) is 0 Å². The van der Waals surface area contributed by atoms with Crippen LogP contribution in [-0.4, -0.2) is 4.36 Å². The van der Waals surface area contributed by atoms with Gasteiger partial charge in [0, 0.05) is 4.48 Å². The zero-order valence-electron chi connectivity index (χ0n) is 9.48. The molecule has 0 spiro atoms. The summed E-state index contributed by atoms with van der Waals surface area (Å²) in [6.45, 7) is 0. The van der Waals surface area contributed by atoms with E-state index in [4.69, 9.17) is 0 Å². The molecule has 18 heavy (non-hydrogen) atoms. The van der Waals surface area contributed by atoms with Crippen LogP contribution in [0.15, 0.2) is 60.7 Å². The standard InChI is InChI=1S/C14H10BBr3/c16-14(12-9-5-2-6-10-12)13(15(17)18)11-7-3-1-4-8-11/h1-10H/b14-13+. The summed E-state index contributed by atoms with van der Waals surface area (Å²) in [5.74, 6) is 0. The van der Waals surface area contributed by atoms with Gasteiger partial charge in [-0.15, -0.1) is 31.5 Å². The number of hydrogen-bond acceptors (Lipinski definition) is 0. The van der Waals surface area contributed by atoms with Gasteiger partial charge in [-0.2, -0.15) is 0 Å². The van der Waals surface area contributed by atoms with Crippen molar-refractivity contribution in [2.24, 2.45) is 0 Å². The molecule has 0 amide bonds. The van der Waals surface area contributed by atoms with E-state index in [1.807, 2.05) is 36.4 Å². The van der Waals surface area contributed by atoms with Crippen LogP contribution in [0.2, 0.25) is 0 Å². The molecule has 0 aliphatic rings. The summed E-state index contributed by atoms with van der Waals surface area (Å²) < 4.78 is 1.19. The van der Waals surface area contributed by atoms with Gasteiger partial charge in [0.2, 0.25) is 0 Å². The summed E-state index contributed by atoms with van der Waals surface area (Å²) in [4.78, 5) is 0. The fraction of sp³-hybridized carbons (Fsp3) is 0. The molecule has 0 saturated heterocycles. The lowest BCUT2D eigenvalue weighted by Crippen LogP contribution is -2.00. The summed E-state index contributed by atoms with van der Waals surface area (Å²) in [7, 11) is 0. The highest BCUT2D eigenvalue weighted by atomic mass is 79.9. The first kappa shape index (κ1) is 14.1. The number of halogens is 3. The Balaban J connectivity index is 2.55. The maximum atomic E-state index is 3.71. The Bertz CT molecular complexity index is 535. The van der Waals surface area contributed by atoms with Crippen LogP contribution in [0.4, 0.5) is 0 Å². The number of rotatable bonds is 3. The first-order valence-corrected chi connectivity index (χ1v) is 8.11. The van der Waals surface area contributed by atoms with E-state index in [-0.39, 0.29) is 4.36 Å². The minimum Gasteiger partial charge on any atom is -0.132 e. The second-order valence-corrected chi connectivity index (χ2v) is 7.61. The highest BCUT2D eigenvalue weighted by molar-refractivity contribution is 9.49. The third-order valence-electron chi connectivity index (χ3n) is 2.57. The molecule has 0 atom stereocenters. The molecule has 0 fully saturated rings. The van der Waals surface area contributed by atoms with Gasteiger partial charge >= 0.3 is 4.36 Å².